The number of nitrogens with zero attached hydrogens (tertiary/aromatic N) is 1. The zero-order valence-electron chi connectivity index (χ0n) is 9.21. The Morgan fingerprint density at radius 1 is 1.38 bits per heavy atom. The van der Waals surface area contributed by atoms with Crippen LogP contribution >= 0.6 is 0 Å². The first-order valence-electron chi connectivity index (χ1n) is 5.48. The molecule has 78 valence electrons. The van der Waals surface area contributed by atoms with Crippen molar-refractivity contribution < 1.29 is 5.11 Å². The maximum Gasteiger partial charge on any atom is 0.0612 e. The third-order valence-corrected chi connectivity index (χ3v) is 3.65. The third-order valence-electron chi connectivity index (χ3n) is 3.65. The Kier molecular flexibility index (Phi) is 3.74. The number of piperidine rings is 1. The van der Waals surface area contributed by atoms with Crippen LogP contribution in [0.4, 0.5) is 0 Å². The van der Waals surface area contributed by atoms with Gasteiger partial charge in [0, 0.05) is 5.54 Å². The quantitative estimate of drug-likeness (QED) is 0.725. The Morgan fingerprint density at radius 2 is 1.92 bits per heavy atom. The Balaban J connectivity index is 2.51. The highest BCUT2D eigenvalue weighted by Crippen LogP contribution is 2.25. The number of rotatable bonds is 3. The normalized spacial score (nSPS) is 25.8. The molecule has 0 spiro atoms. The van der Waals surface area contributed by atoms with Crippen LogP contribution in [-0.4, -0.2) is 35.2 Å². The molecule has 0 aliphatic carbocycles. The van der Waals surface area contributed by atoms with Crippen LogP contribution in [0.15, 0.2) is 0 Å². The summed E-state index contributed by atoms with van der Waals surface area (Å²) in [6, 6.07) is 0. The molecular weight excluding hydrogens is 162 g/mol. The van der Waals surface area contributed by atoms with Crippen LogP contribution in [0.2, 0.25) is 0 Å². The molecule has 0 aromatic heterocycles. The van der Waals surface area contributed by atoms with Gasteiger partial charge in [0.15, 0.2) is 0 Å². The molecule has 0 aromatic carbocycles. The van der Waals surface area contributed by atoms with Gasteiger partial charge in [0.2, 0.25) is 0 Å². The van der Waals surface area contributed by atoms with Crippen molar-refractivity contribution in [2.75, 3.05) is 19.7 Å². The van der Waals surface area contributed by atoms with Crippen molar-refractivity contribution in [3.63, 3.8) is 0 Å². The van der Waals surface area contributed by atoms with Crippen molar-refractivity contribution in [2.45, 2.75) is 45.6 Å². The third kappa shape index (κ3) is 2.44. The SMILES string of the molecule is CCC(C)(CO)N1CCC(C)CC1. The Hall–Kier alpha value is -0.0800. The van der Waals surface area contributed by atoms with Crippen LogP contribution in [0.5, 0.6) is 0 Å². The summed E-state index contributed by atoms with van der Waals surface area (Å²) in [5.74, 6) is 0.871. The molecule has 1 atom stereocenters. The molecule has 1 heterocycles. The average molecular weight is 185 g/mol. The van der Waals surface area contributed by atoms with E-state index in [-0.39, 0.29) is 12.1 Å². The second-order valence-electron chi connectivity index (χ2n) is 4.68. The fourth-order valence-corrected chi connectivity index (χ4v) is 1.98. The van der Waals surface area contributed by atoms with E-state index < -0.39 is 0 Å². The molecule has 1 saturated heterocycles. The molecule has 0 aromatic rings. The Bertz CT molecular complexity index is 146. The first-order valence-corrected chi connectivity index (χ1v) is 5.48. The van der Waals surface area contributed by atoms with Gasteiger partial charge < -0.3 is 5.11 Å². The summed E-state index contributed by atoms with van der Waals surface area (Å²) in [4.78, 5) is 2.45. The predicted molar refractivity (Wildman–Crippen MR) is 55.8 cm³/mol. The number of hydrogen-bond donors (Lipinski definition) is 1. The van der Waals surface area contributed by atoms with E-state index in [0.717, 1.165) is 25.4 Å². The summed E-state index contributed by atoms with van der Waals surface area (Å²) in [7, 11) is 0. The highest BCUT2D eigenvalue weighted by atomic mass is 16.3. The molecule has 1 fully saturated rings. The van der Waals surface area contributed by atoms with Gasteiger partial charge in [0.1, 0.15) is 0 Å². The van der Waals surface area contributed by atoms with Crippen LogP contribution in [0.1, 0.15) is 40.0 Å². The van der Waals surface area contributed by atoms with Crippen LogP contribution in [0.3, 0.4) is 0 Å². The van der Waals surface area contributed by atoms with Gasteiger partial charge in [-0.3, -0.25) is 4.90 Å². The van der Waals surface area contributed by atoms with Crippen LogP contribution < -0.4 is 0 Å². The van der Waals surface area contributed by atoms with Gasteiger partial charge in [-0.05, 0) is 45.2 Å². The number of aliphatic hydroxyl groups excluding tert-OH is 1. The van der Waals surface area contributed by atoms with Crippen LogP contribution in [0.25, 0.3) is 0 Å². The minimum Gasteiger partial charge on any atom is -0.394 e. The molecule has 1 unspecified atom stereocenters. The highest BCUT2D eigenvalue weighted by molar-refractivity contribution is 4.86. The maximum atomic E-state index is 9.36. The minimum absolute atomic E-state index is 0.0279. The summed E-state index contributed by atoms with van der Waals surface area (Å²) < 4.78 is 0. The average Bonchev–Trinajstić information content (AvgIpc) is 2.18. The van der Waals surface area contributed by atoms with Crippen molar-refractivity contribution in [2.24, 2.45) is 5.92 Å². The monoisotopic (exact) mass is 185 g/mol. The summed E-state index contributed by atoms with van der Waals surface area (Å²) in [5.41, 5.74) is 0.0279. The summed E-state index contributed by atoms with van der Waals surface area (Å²) in [6.07, 6.45) is 3.61. The molecule has 0 amide bonds. The van der Waals surface area contributed by atoms with E-state index in [4.69, 9.17) is 0 Å². The van der Waals surface area contributed by atoms with Gasteiger partial charge >= 0.3 is 0 Å². The standard InChI is InChI=1S/C11H23NO/c1-4-11(3,9-13)12-7-5-10(2)6-8-12/h10,13H,4-9H2,1-3H3. The van der Waals surface area contributed by atoms with E-state index in [2.05, 4.69) is 25.7 Å². The molecule has 0 radical (unpaired) electrons. The topological polar surface area (TPSA) is 23.5 Å². The lowest BCUT2D eigenvalue weighted by Gasteiger charge is -2.43. The lowest BCUT2D eigenvalue weighted by molar-refractivity contribution is 0.0167. The van der Waals surface area contributed by atoms with Crippen molar-refractivity contribution in [3.05, 3.63) is 0 Å². The largest absolute Gasteiger partial charge is 0.394 e. The van der Waals surface area contributed by atoms with E-state index in [1.165, 1.54) is 12.8 Å². The number of aliphatic hydroxyl groups is 1. The first kappa shape index (κ1) is 11.0. The van der Waals surface area contributed by atoms with Crippen LogP contribution in [-0.2, 0) is 0 Å². The van der Waals surface area contributed by atoms with Gasteiger partial charge in [-0.1, -0.05) is 13.8 Å². The zero-order chi connectivity index (χ0) is 9.90. The summed E-state index contributed by atoms with van der Waals surface area (Å²) in [6.45, 7) is 9.26. The Morgan fingerprint density at radius 3 is 2.31 bits per heavy atom. The van der Waals surface area contributed by atoms with E-state index in [9.17, 15) is 5.11 Å². The second-order valence-corrected chi connectivity index (χ2v) is 4.68. The molecule has 13 heavy (non-hydrogen) atoms. The number of likely N-dealkylation sites (tertiary alicyclic amines) is 1. The van der Waals surface area contributed by atoms with Gasteiger partial charge in [-0.15, -0.1) is 0 Å². The molecule has 0 saturated carbocycles. The van der Waals surface area contributed by atoms with E-state index in [0.29, 0.717) is 0 Å². The smallest absolute Gasteiger partial charge is 0.0612 e. The molecule has 1 aliphatic rings. The predicted octanol–water partition coefficient (Wildman–Crippen LogP) is 1.88. The van der Waals surface area contributed by atoms with Gasteiger partial charge in [-0.2, -0.15) is 0 Å². The molecule has 2 nitrogen and oxygen atoms in total. The van der Waals surface area contributed by atoms with E-state index in [1.54, 1.807) is 0 Å². The lowest BCUT2D eigenvalue weighted by atomic mass is 9.91. The van der Waals surface area contributed by atoms with Crippen LogP contribution in [0, 0.1) is 5.92 Å². The van der Waals surface area contributed by atoms with Gasteiger partial charge in [-0.25, -0.2) is 0 Å². The van der Waals surface area contributed by atoms with E-state index >= 15 is 0 Å². The van der Waals surface area contributed by atoms with Crippen molar-refractivity contribution in [1.82, 2.24) is 4.90 Å². The maximum absolute atomic E-state index is 9.36. The van der Waals surface area contributed by atoms with E-state index in [1.807, 2.05) is 0 Å². The molecule has 2 heteroatoms. The van der Waals surface area contributed by atoms with Crippen molar-refractivity contribution >= 4 is 0 Å². The van der Waals surface area contributed by atoms with Gasteiger partial charge in [0.05, 0.1) is 6.61 Å². The zero-order valence-corrected chi connectivity index (χ0v) is 9.21. The molecular formula is C11H23NO. The highest BCUT2D eigenvalue weighted by Gasteiger charge is 2.31. The summed E-state index contributed by atoms with van der Waals surface area (Å²) in [5, 5.41) is 9.36. The molecule has 1 N–H and O–H groups in total. The summed E-state index contributed by atoms with van der Waals surface area (Å²) >= 11 is 0. The number of hydrogen-bond acceptors (Lipinski definition) is 2. The second kappa shape index (κ2) is 4.43. The van der Waals surface area contributed by atoms with Crippen molar-refractivity contribution in [3.8, 4) is 0 Å². The van der Waals surface area contributed by atoms with Gasteiger partial charge in [0.25, 0.3) is 0 Å². The fraction of sp³-hybridized carbons (Fsp3) is 1.00. The molecule has 1 aliphatic heterocycles. The fourth-order valence-electron chi connectivity index (χ4n) is 1.98. The Labute approximate surface area is 81.9 Å². The molecule has 1 rings (SSSR count). The minimum atomic E-state index is 0.0279. The first-order chi connectivity index (χ1) is 6.12. The molecule has 0 bridgehead atoms. The van der Waals surface area contributed by atoms with Crippen molar-refractivity contribution in [1.29, 1.82) is 0 Å². The lowest BCUT2D eigenvalue weighted by Crippen LogP contribution is -2.51.